The first-order valence-electron chi connectivity index (χ1n) is 10.4. The number of hydrogen-bond acceptors (Lipinski definition) is 7. The van der Waals surface area contributed by atoms with Gasteiger partial charge in [0.25, 0.3) is 0 Å². The fraction of sp³-hybridized carbons (Fsp3) is 0.409. The third-order valence-electron chi connectivity index (χ3n) is 6.15. The second-order valence-electron chi connectivity index (χ2n) is 8.21. The Morgan fingerprint density at radius 3 is 2.68 bits per heavy atom. The molecule has 3 fully saturated rings. The van der Waals surface area contributed by atoms with Crippen molar-refractivity contribution in [1.29, 1.82) is 5.26 Å². The molecule has 2 aliphatic heterocycles. The molecule has 9 heteroatoms. The van der Waals surface area contributed by atoms with E-state index in [9.17, 15) is 9.59 Å². The van der Waals surface area contributed by atoms with E-state index >= 15 is 0 Å². The Morgan fingerprint density at radius 2 is 2.06 bits per heavy atom. The molecule has 4 heterocycles. The summed E-state index contributed by atoms with van der Waals surface area (Å²) >= 11 is 0. The molecule has 2 aromatic heterocycles. The lowest BCUT2D eigenvalue weighted by Crippen LogP contribution is -2.51. The van der Waals surface area contributed by atoms with Crippen molar-refractivity contribution in [1.82, 2.24) is 15.3 Å². The fourth-order valence-electron chi connectivity index (χ4n) is 4.01. The molecule has 2 amide bonds. The number of pyridine rings is 2. The molecule has 2 N–H and O–H groups in total. The van der Waals surface area contributed by atoms with Crippen molar-refractivity contribution < 1.29 is 14.3 Å². The van der Waals surface area contributed by atoms with Crippen molar-refractivity contribution in [3.05, 3.63) is 42.2 Å². The Labute approximate surface area is 179 Å². The highest BCUT2D eigenvalue weighted by Gasteiger charge is 2.52. The van der Waals surface area contributed by atoms with E-state index in [4.69, 9.17) is 10.00 Å². The number of carbonyl (C=O) groups excluding carboxylic acids is 2. The van der Waals surface area contributed by atoms with E-state index < -0.39 is 11.3 Å². The first kappa shape index (κ1) is 19.5. The van der Waals surface area contributed by atoms with Gasteiger partial charge in [0.05, 0.1) is 30.7 Å². The first-order chi connectivity index (χ1) is 15.1. The zero-order valence-electron chi connectivity index (χ0n) is 16.9. The number of anilines is 3. The molecule has 2 aromatic rings. The van der Waals surface area contributed by atoms with Crippen molar-refractivity contribution >= 4 is 29.1 Å². The highest BCUT2D eigenvalue weighted by molar-refractivity contribution is 5.99. The quantitative estimate of drug-likeness (QED) is 0.732. The molecular weight excluding hydrogens is 396 g/mol. The van der Waals surface area contributed by atoms with Gasteiger partial charge in [0.2, 0.25) is 11.8 Å². The molecule has 0 radical (unpaired) electrons. The van der Waals surface area contributed by atoms with Crippen LogP contribution in [0.5, 0.6) is 0 Å². The van der Waals surface area contributed by atoms with Gasteiger partial charge in [-0.2, -0.15) is 5.26 Å². The molecule has 2 saturated heterocycles. The van der Waals surface area contributed by atoms with Crippen LogP contribution >= 0.6 is 0 Å². The molecule has 1 atom stereocenters. The smallest absolute Gasteiger partial charge is 0.244 e. The van der Waals surface area contributed by atoms with Crippen LogP contribution in [0, 0.1) is 17.2 Å². The number of ether oxygens (including phenoxy) is 1. The SMILES string of the molecule is N#CC1CCN(c2ccnc(Nc3ccc(C4(C(=O)NC5COC5)CC4)cn3)c2)C1=O. The van der Waals surface area contributed by atoms with Crippen molar-refractivity contribution in [2.75, 3.05) is 30.0 Å². The Kier molecular flexibility index (Phi) is 4.79. The predicted molar refractivity (Wildman–Crippen MR) is 111 cm³/mol. The molecule has 1 unspecified atom stereocenters. The topological polar surface area (TPSA) is 120 Å². The van der Waals surface area contributed by atoms with Crippen molar-refractivity contribution in [2.45, 2.75) is 30.7 Å². The minimum atomic E-state index is -0.581. The fourth-order valence-corrected chi connectivity index (χ4v) is 4.01. The Morgan fingerprint density at radius 1 is 1.23 bits per heavy atom. The van der Waals surface area contributed by atoms with Crippen LogP contribution in [-0.4, -0.2) is 47.6 Å². The highest BCUT2D eigenvalue weighted by Crippen LogP contribution is 2.48. The number of hydrogen-bond donors (Lipinski definition) is 2. The van der Waals surface area contributed by atoms with E-state index in [-0.39, 0.29) is 17.9 Å². The summed E-state index contributed by atoms with van der Waals surface area (Å²) in [6.07, 6.45) is 5.52. The zero-order valence-corrected chi connectivity index (χ0v) is 16.9. The third kappa shape index (κ3) is 3.59. The first-order valence-corrected chi connectivity index (χ1v) is 10.4. The van der Waals surface area contributed by atoms with Gasteiger partial charge >= 0.3 is 0 Å². The summed E-state index contributed by atoms with van der Waals surface area (Å²) < 4.78 is 5.13. The van der Waals surface area contributed by atoms with Gasteiger partial charge < -0.3 is 20.3 Å². The summed E-state index contributed by atoms with van der Waals surface area (Å²) in [7, 11) is 0. The van der Waals surface area contributed by atoms with Crippen molar-refractivity contribution in [3.63, 3.8) is 0 Å². The van der Waals surface area contributed by atoms with Gasteiger partial charge in [-0.3, -0.25) is 9.59 Å². The van der Waals surface area contributed by atoms with Crippen LogP contribution in [0.2, 0.25) is 0 Å². The van der Waals surface area contributed by atoms with Crippen LogP contribution in [0.1, 0.15) is 24.8 Å². The van der Waals surface area contributed by atoms with Crippen LogP contribution in [0.25, 0.3) is 0 Å². The highest BCUT2D eigenvalue weighted by atomic mass is 16.5. The van der Waals surface area contributed by atoms with Crippen molar-refractivity contribution in [3.8, 4) is 6.07 Å². The Bertz CT molecular complexity index is 1060. The maximum Gasteiger partial charge on any atom is 0.244 e. The zero-order chi connectivity index (χ0) is 21.4. The predicted octanol–water partition coefficient (Wildman–Crippen LogP) is 1.64. The van der Waals surface area contributed by atoms with Gasteiger partial charge in [-0.05, 0) is 37.0 Å². The van der Waals surface area contributed by atoms with Gasteiger partial charge in [0, 0.05) is 30.7 Å². The largest absolute Gasteiger partial charge is 0.377 e. The van der Waals surface area contributed by atoms with Gasteiger partial charge in [0.1, 0.15) is 17.6 Å². The van der Waals surface area contributed by atoms with Crippen LogP contribution in [0.3, 0.4) is 0 Å². The molecule has 9 nitrogen and oxygen atoms in total. The van der Waals surface area contributed by atoms with Crippen LogP contribution in [0.15, 0.2) is 36.7 Å². The summed E-state index contributed by atoms with van der Waals surface area (Å²) in [4.78, 5) is 35.3. The van der Waals surface area contributed by atoms with E-state index in [1.807, 2.05) is 18.2 Å². The number of nitriles is 1. The molecule has 0 spiro atoms. The van der Waals surface area contributed by atoms with E-state index in [0.717, 1.165) is 18.4 Å². The molecule has 3 aliphatic rings. The van der Waals surface area contributed by atoms with Gasteiger partial charge in [-0.15, -0.1) is 0 Å². The summed E-state index contributed by atoms with van der Waals surface area (Å²) in [6, 6.07) is 9.43. The number of amides is 2. The maximum atomic E-state index is 12.7. The number of rotatable bonds is 6. The number of aromatic nitrogens is 2. The van der Waals surface area contributed by atoms with Crippen LogP contribution in [0.4, 0.5) is 17.3 Å². The second-order valence-corrected chi connectivity index (χ2v) is 8.21. The lowest BCUT2D eigenvalue weighted by Gasteiger charge is -2.29. The van der Waals surface area contributed by atoms with Gasteiger partial charge in [0.15, 0.2) is 0 Å². The monoisotopic (exact) mass is 418 g/mol. The minimum Gasteiger partial charge on any atom is -0.377 e. The molecule has 5 rings (SSSR count). The second kappa shape index (κ2) is 7.63. The summed E-state index contributed by atoms with van der Waals surface area (Å²) in [5.41, 5.74) is 1.13. The molecule has 0 aromatic carbocycles. The van der Waals surface area contributed by atoms with E-state index in [0.29, 0.717) is 43.5 Å². The number of nitrogens with one attached hydrogen (secondary N) is 2. The van der Waals surface area contributed by atoms with E-state index in [2.05, 4.69) is 20.6 Å². The van der Waals surface area contributed by atoms with Crippen LogP contribution < -0.4 is 15.5 Å². The molecular formula is C22H22N6O3. The number of carbonyl (C=O) groups is 2. The average Bonchev–Trinajstić information content (AvgIpc) is 3.48. The molecule has 158 valence electrons. The lowest BCUT2D eigenvalue weighted by molar-refractivity contribution is -0.127. The molecule has 1 saturated carbocycles. The summed E-state index contributed by atoms with van der Waals surface area (Å²) in [5, 5.41) is 15.3. The van der Waals surface area contributed by atoms with E-state index in [1.165, 1.54) is 0 Å². The van der Waals surface area contributed by atoms with E-state index in [1.54, 1.807) is 29.4 Å². The summed E-state index contributed by atoms with van der Waals surface area (Å²) in [5.74, 6) is 0.434. The Balaban J connectivity index is 1.27. The third-order valence-corrected chi connectivity index (χ3v) is 6.15. The lowest BCUT2D eigenvalue weighted by atomic mass is 9.96. The van der Waals surface area contributed by atoms with Gasteiger partial charge in [-0.25, -0.2) is 9.97 Å². The standard InChI is InChI=1S/C22H22N6O3/c23-10-14-4-8-28(20(14)29)17-3-7-24-19(9-17)27-18-2-1-15(11-25-18)22(5-6-22)21(30)26-16-12-31-13-16/h1-3,7,9,11,14,16H,4-6,8,12-13H2,(H,26,30)(H,24,25,27). The molecule has 31 heavy (non-hydrogen) atoms. The number of nitrogens with zero attached hydrogens (tertiary/aromatic N) is 4. The average molecular weight is 418 g/mol. The van der Waals surface area contributed by atoms with Gasteiger partial charge in [-0.1, -0.05) is 6.07 Å². The maximum absolute atomic E-state index is 12.7. The van der Waals surface area contributed by atoms with Crippen molar-refractivity contribution in [2.24, 2.45) is 5.92 Å². The minimum absolute atomic E-state index is 0.0450. The summed E-state index contributed by atoms with van der Waals surface area (Å²) in [6.45, 7) is 1.68. The van der Waals surface area contributed by atoms with Crippen LogP contribution in [-0.2, 0) is 19.7 Å². The normalized spacial score (nSPS) is 21.8. The Hall–Kier alpha value is -3.51. The molecule has 0 bridgehead atoms. The molecule has 1 aliphatic carbocycles.